The van der Waals surface area contributed by atoms with Crippen LogP contribution in [0.3, 0.4) is 0 Å². The molecule has 1 fully saturated rings. The van der Waals surface area contributed by atoms with Gasteiger partial charge in [0.25, 0.3) is 0 Å². The molecule has 3 amide bonds. The highest BCUT2D eigenvalue weighted by Gasteiger charge is 2.30. The van der Waals surface area contributed by atoms with Crippen LogP contribution in [0.1, 0.15) is 45.4 Å². The third kappa shape index (κ3) is 5.15. The molecule has 0 saturated heterocycles. The number of nitrogens with one attached hydrogen (secondary N) is 2. The van der Waals surface area contributed by atoms with E-state index in [1.165, 1.54) is 0 Å². The lowest BCUT2D eigenvalue weighted by Crippen LogP contribution is -2.55. The van der Waals surface area contributed by atoms with E-state index in [9.17, 15) is 14.4 Å². The first-order chi connectivity index (χ1) is 8.82. The predicted molar refractivity (Wildman–Crippen MR) is 68.4 cm³/mol. The summed E-state index contributed by atoms with van der Waals surface area (Å²) in [4.78, 5) is 33.4. The fourth-order valence-electron chi connectivity index (χ4n) is 2.33. The molecule has 0 heterocycles. The van der Waals surface area contributed by atoms with Crippen LogP contribution in [-0.2, 0) is 9.59 Å². The number of carboxylic acids is 1. The van der Waals surface area contributed by atoms with Gasteiger partial charge in [-0.15, -0.1) is 0 Å². The van der Waals surface area contributed by atoms with Crippen LogP contribution >= 0.6 is 0 Å². The van der Waals surface area contributed by atoms with Crippen LogP contribution in [0.15, 0.2) is 0 Å². The topological polar surface area (TPSA) is 122 Å². The van der Waals surface area contributed by atoms with E-state index in [0.29, 0.717) is 0 Å². The maximum Gasteiger partial charge on any atom is 0.326 e. The van der Waals surface area contributed by atoms with Crippen molar-refractivity contribution in [2.24, 2.45) is 5.73 Å². The molecule has 0 aromatic rings. The molecule has 1 aliphatic rings. The second-order valence-corrected chi connectivity index (χ2v) is 5.28. The van der Waals surface area contributed by atoms with E-state index < -0.39 is 30.4 Å². The Kier molecular flexibility index (Phi) is 5.14. The van der Waals surface area contributed by atoms with Gasteiger partial charge in [-0.3, -0.25) is 4.79 Å². The normalized spacial score (nSPS) is 19.2. The Balaban J connectivity index is 2.52. The molecule has 1 saturated carbocycles. The van der Waals surface area contributed by atoms with E-state index in [4.69, 9.17) is 10.8 Å². The molecule has 0 spiro atoms. The van der Waals surface area contributed by atoms with Gasteiger partial charge in [0.15, 0.2) is 0 Å². The maximum atomic E-state index is 11.8. The Hall–Kier alpha value is -1.79. The lowest BCUT2D eigenvalue weighted by atomic mass is 9.83. The predicted octanol–water partition coefficient (Wildman–Crippen LogP) is 0.337. The molecule has 0 aromatic carbocycles. The summed E-state index contributed by atoms with van der Waals surface area (Å²) in [5, 5.41) is 13.9. The van der Waals surface area contributed by atoms with Gasteiger partial charge >= 0.3 is 12.0 Å². The minimum atomic E-state index is -1.29. The van der Waals surface area contributed by atoms with E-state index in [-0.39, 0.29) is 5.54 Å². The number of nitrogens with two attached hydrogens (primary N) is 1. The first kappa shape index (κ1) is 15.3. The van der Waals surface area contributed by atoms with Crippen LogP contribution < -0.4 is 16.4 Å². The Morgan fingerprint density at radius 3 is 2.32 bits per heavy atom. The Morgan fingerprint density at radius 1 is 1.26 bits per heavy atom. The van der Waals surface area contributed by atoms with Gasteiger partial charge in [-0.25, -0.2) is 9.59 Å². The Bertz CT molecular complexity index is 364. The molecule has 0 radical (unpaired) electrons. The van der Waals surface area contributed by atoms with Crippen LogP contribution in [0.25, 0.3) is 0 Å². The Morgan fingerprint density at radius 2 is 1.84 bits per heavy atom. The summed E-state index contributed by atoms with van der Waals surface area (Å²) in [6, 6.07) is -1.86. The number of hydrogen-bond donors (Lipinski definition) is 4. The first-order valence-corrected chi connectivity index (χ1v) is 6.42. The number of carbonyl (C=O) groups is 3. The van der Waals surface area contributed by atoms with Gasteiger partial charge in [0.05, 0.1) is 6.42 Å². The zero-order chi connectivity index (χ0) is 14.5. The van der Waals surface area contributed by atoms with E-state index in [1.807, 2.05) is 6.92 Å². The second kappa shape index (κ2) is 6.40. The maximum absolute atomic E-state index is 11.8. The molecule has 0 aromatic heterocycles. The van der Waals surface area contributed by atoms with Gasteiger partial charge in [-0.2, -0.15) is 0 Å². The summed E-state index contributed by atoms with van der Waals surface area (Å²) in [6.07, 6.45) is 4.56. The molecule has 1 atom stereocenters. The van der Waals surface area contributed by atoms with Gasteiger partial charge in [-0.05, 0) is 19.8 Å². The monoisotopic (exact) mass is 271 g/mol. The van der Waals surface area contributed by atoms with Crippen molar-refractivity contribution in [3.63, 3.8) is 0 Å². The third-order valence-corrected chi connectivity index (χ3v) is 3.38. The van der Waals surface area contributed by atoms with Crippen LogP contribution in [0, 0.1) is 0 Å². The van der Waals surface area contributed by atoms with E-state index in [0.717, 1.165) is 32.1 Å². The fraction of sp³-hybridized carbons (Fsp3) is 0.750. The highest BCUT2D eigenvalue weighted by atomic mass is 16.4. The number of primary amides is 1. The lowest BCUT2D eigenvalue weighted by molar-refractivity contribution is -0.140. The molecule has 7 heteroatoms. The van der Waals surface area contributed by atoms with Crippen molar-refractivity contribution in [2.75, 3.05) is 0 Å². The Labute approximate surface area is 111 Å². The van der Waals surface area contributed by atoms with Crippen molar-refractivity contribution in [1.82, 2.24) is 10.6 Å². The van der Waals surface area contributed by atoms with Crippen LogP contribution in [0.5, 0.6) is 0 Å². The van der Waals surface area contributed by atoms with Gasteiger partial charge < -0.3 is 21.5 Å². The molecule has 1 rings (SSSR count). The molecule has 19 heavy (non-hydrogen) atoms. The number of carboxylic acid groups (broad SMARTS) is 1. The van der Waals surface area contributed by atoms with Crippen LogP contribution in [0.4, 0.5) is 4.79 Å². The molecule has 7 nitrogen and oxygen atoms in total. The second-order valence-electron chi connectivity index (χ2n) is 5.28. The summed E-state index contributed by atoms with van der Waals surface area (Å²) in [5.41, 5.74) is 4.64. The summed E-state index contributed by atoms with van der Waals surface area (Å²) < 4.78 is 0. The summed E-state index contributed by atoms with van der Waals surface area (Å²) in [6.45, 7) is 1.94. The quantitative estimate of drug-likeness (QED) is 0.575. The van der Waals surface area contributed by atoms with Crippen molar-refractivity contribution in [1.29, 1.82) is 0 Å². The minimum absolute atomic E-state index is 0.307. The van der Waals surface area contributed by atoms with Crippen molar-refractivity contribution in [3.05, 3.63) is 0 Å². The van der Waals surface area contributed by atoms with E-state index in [2.05, 4.69) is 10.6 Å². The highest BCUT2D eigenvalue weighted by Crippen LogP contribution is 2.27. The third-order valence-electron chi connectivity index (χ3n) is 3.38. The molecule has 0 unspecified atom stereocenters. The number of carbonyl (C=O) groups excluding carboxylic acids is 2. The SMILES string of the molecule is CC1(NC(=O)N[C@H](CC(N)=O)C(=O)O)CCCCC1. The van der Waals surface area contributed by atoms with Crippen molar-refractivity contribution >= 4 is 17.9 Å². The first-order valence-electron chi connectivity index (χ1n) is 6.42. The minimum Gasteiger partial charge on any atom is -0.480 e. The zero-order valence-electron chi connectivity index (χ0n) is 11.1. The van der Waals surface area contributed by atoms with E-state index in [1.54, 1.807) is 0 Å². The molecular formula is C12H21N3O4. The average molecular weight is 271 g/mol. The highest BCUT2D eigenvalue weighted by molar-refractivity contribution is 5.87. The van der Waals surface area contributed by atoms with Crippen molar-refractivity contribution in [3.8, 4) is 0 Å². The molecule has 108 valence electrons. The van der Waals surface area contributed by atoms with E-state index >= 15 is 0 Å². The van der Waals surface area contributed by atoms with Gasteiger partial charge in [0.1, 0.15) is 6.04 Å². The standard InChI is InChI=1S/C12H21N3O4/c1-12(5-3-2-4-6-12)15-11(19)14-8(10(17)18)7-9(13)16/h8H,2-7H2,1H3,(H2,13,16)(H,17,18)(H2,14,15,19)/t8-/m1/s1. The average Bonchev–Trinajstić information content (AvgIpc) is 2.27. The molecule has 5 N–H and O–H groups in total. The summed E-state index contributed by atoms with van der Waals surface area (Å²) in [7, 11) is 0. The summed E-state index contributed by atoms with van der Waals surface area (Å²) in [5.74, 6) is -2.04. The number of aliphatic carboxylic acids is 1. The van der Waals surface area contributed by atoms with Crippen LogP contribution in [-0.4, -0.2) is 34.6 Å². The molecule has 0 aliphatic heterocycles. The lowest BCUT2D eigenvalue weighted by Gasteiger charge is -2.34. The van der Waals surface area contributed by atoms with Crippen molar-refractivity contribution in [2.45, 2.75) is 57.0 Å². The smallest absolute Gasteiger partial charge is 0.326 e. The number of amides is 3. The largest absolute Gasteiger partial charge is 0.480 e. The molecule has 1 aliphatic carbocycles. The fourth-order valence-corrected chi connectivity index (χ4v) is 2.33. The summed E-state index contributed by atoms with van der Waals surface area (Å²) >= 11 is 0. The number of rotatable bonds is 5. The van der Waals surface area contributed by atoms with Crippen LogP contribution in [0.2, 0.25) is 0 Å². The van der Waals surface area contributed by atoms with Crippen molar-refractivity contribution < 1.29 is 19.5 Å². The van der Waals surface area contributed by atoms with Gasteiger partial charge in [0.2, 0.25) is 5.91 Å². The number of urea groups is 1. The molecule has 0 bridgehead atoms. The zero-order valence-corrected chi connectivity index (χ0v) is 11.1. The number of hydrogen-bond acceptors (Lipinski definition) is 3. The van der Waals surface area contributed by atoms with Gasteiger partial charge in [0, 0.05) is 5.54 Å². The van der Waals surface area contributed by atoms with Gasteiger partial charge in [-0.1, -0.05) is 19.3 Å². The molecular weight excluding hydrogens is 250 g/mol.